The lowest BCUT2D eigenvalue weighted by Gasteiger charge is -2.41. The van der Waals surface area contributed by atoms with E-state index in [0.29, 0.717) is 32.1 Å². The van der Waals surface area contributed by atoms with Crippen LogP contribution in [0, 0.1) is 11.8 Å². The van der Waals surface area contributed by atoms with Gasteiger partial charge in [0.25, 0.3) is 10.2 Å². The Bertz CT molecular complexity index is 700. The minimum atomic E-state index is -3.40. The van der Waals surface area contributed by atoms with Crippen molar-refractivity contribution in [3.63, 3.8) is 0 Å². The lowest BCUT2D eigenvalue weighted by Crippen LogP contribution is -2.50. The molecule has 7 heteroatoms. The molecule has 3 aliphatic rings. The van der Waals surface area contributed by atoms with Crippen LogP contribution in [-0.2, 0) is 10.2 Å². The Kier molecular flexibility index (Phi) is 6.29. The number of nitrogens with zero attached hydrogens (tertiary/aromatic N) is 2. The van der Waals surface area contributed by atoms with Gasteiger partial charge in [-0.1, -0.05) is 49.6 Å². The quantitative estimate of drug-likeness (QED) is 0.849. The Morgan fingerprint density at radius 2 is 1.58 bits per heavy atom. The molecule has 0 bridgehead atoms. The molecule has 1 aliphatic carbocycles. The van der Waals surface area contributed by atoms with Gasteiger partial charge in [0.15, 0.2) is 0 Å². The summed E-state index contributed by atoms with van der Waals surface area (Å²) in [7, 11) is -3.40. The van der Waals surface area contributed by atoms with Gasteiger partial charge in [0.05, 0.1) is 0 Å². The molecule has 0 radical (unpaired) electrons. The van der Waals surface area contributed by atoms with E-state index in [2.05, 4.69) is 0 Å². The molecule has 2 unspecified atom stereocenters. The van der Waals surface area contributed by atoms with Crippen molar-refractivity contribution < 1.29 is 8.42 Å². The van der Waals surface area contributed by atoms with Gasteiger partial charge in [-0.05, 0) is 30.2 Å². The maximum Gasteiger partial charge on any atom is 0.282 e. The van der Waals surface area contributed by atoms with Crippen molar-refractivity contribution in [1.29, 1.82) is 0 Å². The summed E-state index contributed by atoms with van der Waals surface area (Å²) in [5.74, 6) is 1.37. The fraction of sp³-hybridized carbons (Fsp3) is 0.684. The van der Waals surface area contributed by atoms with Crippen molar-refractivity contribution in [2.45, 2.75) is 44.1 Å². The SMILES string of the molecule is Cl.N[C@@H]1CN(S(=O)(=O)N2CCC3CCCCC3C2)C[C@H]1c1ccccc1. The molecule has 1 aromatic rings. The number of benzene rings is 1. The van der Waals surface area contributed by atoms with Crippen LogP contribution in [-0.4, -0.2) is 49.2 Å². The predicted octanol–water partition coefficient (Wildman–Crippen LogP) is 2.59. The summed E-state index contributed by atoms with van der Waals surface area (Å²) >= 11 is 0. The zero-order chi connectivity index (χ0) is 17.4. The van der Waals surface area contributed by atoms with Crippen LogP contribution in [0.2, 0.25) is 0 Å². The molecule has 146 valence electrons. The van der Waals surface area contributed by atoms with Crippen molar-refractivity contribution >= 4 is 22.6 Å². The molecule has 0 spiro atoms. The van der Waals surface area contributed by atoms with Gasteiger partial charge in [0, 0.05) is 38.1 Å². The molecule has 0 aromatic heterocycles. The van der Waals surface area contributed by atoms with Crippen molar-refractivity contribution in [2.75, 3.05) is 26.2 Å². The summed E-state index contributed by atoms with van der Waals surface area (Å²) in [5.41, 5.74) is 7.45. The van der Waals surface area contributed by atoms with Crippen LogP contribution in [0.1, 0.15) is 43.6 Å². The second-order valence-electron chi connectivity index (χ2n) is 7.96. The number of hydrogen-bond donors (Lipinski definition) is 1. The minimum Gasteiger partial charge on any atom is -0.326 e. The highest BCUT2D eigenvalue weighted by atomic mass is 35.5. The van der Waals surface area contributed by atoms with Crippen LogP contribution in [0.3, 0.4) is 0 Å². The van der Waals surface area contributed by atoms with Crippen molar-refractivity contribution in [3.05, 3.63) is 35.9 Å². The molecule has 1 aromatic carbocycles. The average Bonchev–Trinajstić information content (AvgIpc) is 3.04. The molecule has 2 saturated heterocycles. The highest BCUT2D eigenvalue weighted by molar-refractivity contribution is 7.86. The van der Waals surface area contributed by atoms with Gasteiger partial charge in [-0.25, -0.2) is 0 Å². The Morgan fingerprint density at radius 1 is 0.885 bits per heavy atom. The average molecular weight is 400 g/mol. The molecule has 3 fully saturated rings. The molecule has 26 heavy (non-hydrogen) atoms. The molecule has 4 atom stereocenters. The van der Waals surface area contributed by atoms with E-state index < -0.39 is 10.2 Å². The van der Waals surface area contributed by atoms with Crippen molar-refractivity contribution in [3.8, 4) is 0 Å². The second kappa shape index (κ2) is 8.15. The Labute approximate surface area is 163 Å². The van der Waals surface area contributed by atoms with Crippen molar-refractivity contribution in [2.24, 2.45) is 17.6 Å². The predicted molar refractivity (Wildman–Crippen MR) is 107 cm³/mol. The van der Waals surface area contributed by atoms with Gasteiger partial charge >= 0.3 is 0 Å². The standard InChI is InChI=1S/C19H29N3O2S.ClH/c20-19-14-22(13-18(19)16-7-2-1-3-8-16)25(23,24)21-11-10-15-6-4-5-9-17(15)12-21;/h1-3,7-8,15,17-19H,4-6,9-14,20H2;1H/t15?,17?,18-,19+;/m0./s1. The highest BCUT2D eigenvalue weighted by Crippen LogP contribution is 2.38. The molecule has 2 N–H and O–H groups in total. The van der Waals surface area contributed by atoms with Gasteiger partial charge in [-0.2, -0.15) is 17.0 Å². The summed E-state index contributed by atoms with van der Waals surface area (Å²) in [4.78, 5) is 0. The van der Waals surface area contributed by atoms with E-state index in [1.807, 2.05) is 30.3 Å². The topological polar surface area (TPSA) is 66.6 Å². The lowest BCUT2D eigenvalue weighted by molar-refractivity contribution is 0.132. The normalized spacial score (nSPS) is 33.4. The number of fused-ring (bicyclic) bond motifs is 1. The number of piperidine rings is 1. The fourth-order valence-electron chi connectivity index (χ4n) is 4.97. The summed E-state index contributed by atoms with van der Waals surface area (Å²) in [6, 6.07) is 9.93. The summed E-state index contributed by atoms with van der Waals surface area (Å²) in [5, 5.41) is 0. The second-order valence-corrected chi connectivity index (χ2v) is 9.89. The van der Waals surface area contributed by atoms with Gasteiger partial charge in [0.1, 0.15) is 0 Å². The number of hydrogen-bond acceptors (Lipinski definition) is 3. The van der Waals surface area contributed by atoms with Gasteiger partial charge < -0.3 is 5.73 Å². The molecule has 2 aliphatic heterocycles. The summed E-state index contributed by atoms with van der Waals surface area (Å²) in [6.45, 7) is 2.30. The molecule has 1 saturated carbocycles. The van der Waals surface area contributed by atoms with Gasteiger partial charge in [-0.15, -0.1) is 12.4 Å². The van der Waals surface area contributed by atoms with Gasteiger partial charge in [-0.3, -0.25) is 0 Å². The Morgan fingerprint density at radius 3 is 2.31 bits per heavy atom. The molecule has 0 amide bonds. The molecular weight excluding hydrogens is 370 g/mol. The first-order valence-electron chi connectivity index (χ1n) is 9.61. The van der Waals surface area contributed by atoms with Crippen molar-refractivity contribution in [1.82, 2.24) is 8.61 Å². The first kappa shape index (κ1) is 20.1. The van der Waals surface area contributed by atoms with E-state index in [9.17, 15) is 8.42 Å². The van der Waals surface area contributed by atoms with E-state index in [1.54, 1.807) is 8.61 Å². The molecular formula is C19H30ClN3O2S. The van der Waals surface area contributed by atoms with Crippen LogP contribution < -0.4 is 5.73 Å². The van der Waals surface area contributed by atoms with E-state index >= 15 is 0 Å². The van der Waals surface area contributed by atoms with Crippen LogP contribution >= 0.6 is 12.4 Å². The first-order valence-corrected chi connectivity index (χ1v) is 11.0. The Hall–Kier alpha value is -0.660. The summed E-state index contributed by atoms with van der Waals surface area (Å²) < 4.78 is 29.7. The third kappa shape index (κ3) is 3.80. The van der Waals surface area contributed by atoms with E-state index in [4.69, 9.17) is 5.73 Å². The lowest BCUT2D eigenvalue weighted by atomic mass is 9.76. The third-order valence-electron chi connectivity index (χ3n) is 6.47. The summed E-state index contributed by atoms with van der Waals surface area (Å²) in [6.07, 6.45) is 6.05. The molecule has 2 heterocycles. The number of nitrogens with two attached hydrogens (primary N) is 1. The van der Waals surface area contributed by atoms with Crippen LogP contribution in [0.15, 0.2) is 30.3 Å². The van der Waals surface area contributed by atoms with Crippen LogP contribution in [0.5, 0.6) is 0 Å². The largest absolute Gasteiger partial charge is 0.326 e. The third-order valence-corrected chi connectivity index (χ3v) is 8.40. The van der Waals surface area contributed by atoms with E-state index in [1.165, 1.54) is 25.7 Å². The number of halogens is 1. The van der Waals surface area contributed by atoms with Crippen LogP contribution in [0.4, 0.5) is 0 Å². The zero-order valence-electron chi connectivity index (χ0n) is 15.2. The Balaban J connectivity index is 0.00000196. The minimum absolute atomic E-state index is 0. The number of rotatable bonds is 3. The van der Waals surface area contributed by atoms with E-state index in [0.717, 1.165) is 17.9 Å². The monoisotopic (exact) mass is 399 g/mol. The van der Waals surface area contributed by atoms with E-state index in [-0.39, 0.29) is 24.4 Å². The van der Waals surface area contributed by atoms with Crippen LogP contribution in [0.25, 0.3) is 0 Å². The maximum atomic E-state index is 13.2. The molecule has 4 rings (SSSR count). The smallest absolute Gasteiger partial charge is 0.282 e. The first-order chi connectivity index (χ1) is 12.1. The molecule has 5 nitrogen and oxygen atoms in total. The zero-order valence-corrected chi connectivity index (χ0v) is 16.8. The fourth-order valence-corrected chi connectivity index (χ4v) is 6.73. The van der Waals surface area contributed by atoms with Gasteiger partial charge in [0.2, 0.25) is 0 Å². The highest BCUT2D eigenvalue weighted by Gasteiger charge is 2.43. The maximum absolute atomic E-state index is 13.2.